The maximum absolute atomic E-state index is 5.61. The van der Waals surface area contributed by atoms with Crippen molar-refractivity contribution in [1.29, 1.82) is 0 Å². The Labute approximate surface area is 74.6 Å². The summed E-state index contributed by atoms with van der Waals surface area (Å²) in [6, 6.07) is 0. The Bertz CT molecular complexity index is 244. The molecule has 1 aromatic heterocycles. The molecule has 1 heterocycles. The number of aromatic nitrogens is 2. The second kappa shape index (κ2) is 3.07. The molecule has 0 bridgehead atoms. The highest BCUT2D eigenvalue weighted by Crippen LogP contribution is 2.37. The molecule has 1 aliphatic carbocycles. The monoisotopic (exact) mass is 188 g/mol. The molecule has 2 nitrogen and oxygen atoms in total. The lowest BCUT2D eigenvalue weighted by Crippen LogP contribution is -2.07. The summed E-state index contributed by atoms with van der Waals surface area (Å²) in [5.41, 5.74) is 0. The van der Waals surface area contributed by atoms with Gasteiger partial charge in [0.25, 0.3) is 0 Å². The second-order valence-electron chi connectivity index (χ2n) is 2.80. The van der Waals surface area contributed by atoms with E-state index in [1.165, 1.54) is 24.3 Å². The van der Waals surface area contributed by atoms with Crippen LogP contribution in [0.5, 0.6) is 0 Å². The van der Waals surface area contributed by atoms with Crippen LogP contribution in [0.15, 0.2) is 0 Å². The molecular formula is C7H9ClN2S. The van der Waals surface area contributed by atoms with E-state index in [4.69, 9.17) is 11.6 Å². The molecule has 1 fully saturated rings. The number of nitrogens with zero attached hydrogens (tertiary/aromatic N) is 2. The lowest BCUT2D eigenvalue weighted by Gasteiger charge is -2.21. The van der Waals surface area contributed by atoms with Crippen LogP contribution in [0.3, 0.4) is 0 Å². The minimum Gasteiger partial charge on any atom is -0.143 e. The van der Waals surface area contributed by atoms with E-state index in [9.17, 15) is 0 Å². The number of halogens is 1. The van der Waals surface area contributed by atoms with E-state index < -0.39 is 0 Å². The third-order valence-electron chi connectivity index (χ3n) is 2.05. The van der Waals surface area contributed by atoms with Crippen molar-refractivity contribution >= 4 is 22.9 Å². The van der Waals surface area contributed by atoms with Gasteiger partial charge in [-0.05, 0) is 12.8 Å². The molecule has 1 saturated carbocycles. The first-order valence-corrected chi connectivity index (χ1v) is 5.13. The molecule has 1 aromatic rings. The lowest BCUT2D eigenvalue weighted by atomic mass is 9.86. The Morgan fingerprint density at radius 1 is 1.45 bits per heavy atom. The zero-order chi connectivity index (χ0) is 7.68. The molecule has 0 unspecified atom stereocenters. The molecular weight excluding hydrogens is 180 g/mol. The fourth-order valence-electron chi connectivity index (χ4n) is 1.14. The predicted molar refractivity (Wildman–Crippen MR) is 46.1 cm³/mol. The summed E-state index contributed by atoms with van der Waals surface area (Å²) in [5.74, 6) is 1.20. The van der Waals surface area contributed by atoms with Crippen molar-refractivity contribution in [2.24, 2.45) is 0 Å². The highest BCUT2D eigenvalue weighted by molar-refractivity contribution is 7.11. The van der Waals surface area contributed by atoms with Gasteiger partial charge in [0.1, 0.15) is 10.0 Å². The van der Waals surface area contributed by atoms with Gasteiger partial charge in [-0.2, -0.15) is 0 Å². The molecule has 0 aliphatic heterocycles. The molecule has 11 heavy (non-hydrogen) atoms. The van der Waals surface area contributed by atoms with Crippen LogP contribution in [-0.4, -0.2) is 10.2 Å². The van der Waals surface area contributed by atoms with Gasteiger partial charge in [-0.3, -0.25) is 0 Å². The van der Waals surface area contributed by atoms with Crippen LogP contribution in [0.4, 0.5) is 0 Å². The molecule has 4 heteroatoms. The number of alkyl halides is 1. The van der Waals surface area contributed by atoms with Crippen molar-refractivity contribution in [3.05, 3.63) is 10.0 Å². The zero-order valence-electron chi connectivity index (χ0n) is 6.09. The maximum Gasteiger partial charge on any atom is 0.132 e. The van der Waals surface area contributed by atoms with Crippen LogP contribution in [-0.2, 0) is 5.88 Å². The van der Waals surface area contributed by atoms with Crippen LogP contribution in [0, 0.1) is 0 Å². The van der Waals surface area contributed by atoms with Gasteiger partial charge in [-0.25, -0.2) is 0 Å². The molecule has 60 valence electrons. The normalized spacial score (nSPS) is 18.3. The van der Waals surface area contributed by atoms with Crippen LogP contribution >= 0.6 is 22.9 Å². The summed E-state index contributed by atoms with van der Waals surface area (Å²) >= 11 is 7.28. The summed E-state index contributed by atoms with van der Waals surface area (Å²) in [6.07, 6.45) is 3.92. The van der Waals surface area contributed by atoms with Crippen LogP contribution in [0.1, 0.15) is 35.2 Å². The Hall–Kier alpha value is -0.150. The molecule has 0 spiro atoms. The van der Waals surface area contributed by atoms with E-state index in [0.717, 1.165) is 5.01 Å². The maximum atomic E-state index is 5.61. The summed E-state index contributed by atoms with van der Waals surface area (Å²) < 4.78 is 0. The van der Waals surface area contributed by atoms with Crippen molar-refractivity contribution in [1.82, 2.24) is 10.2 Å². The van der Waals surface area contributed by atoms with Crippen molar-refractivity contribution in [2.75, 3.05) is 0 Å². The Morgan fingerprint density at radius 3 is 2.73 bits per heavy atom. The molecule has 0 saturated heterocycles. The van der Waals surface area contributed by atoms with Gasteiger partial charge in [0, 0.05) is 5.92 Å². The topological polar surface area (TPSA) is 25.8 Å². The van der Waals surface area contributed by atoms with E-state index in [-0.39, 0.29) is 0 Å². The zero-order valence-corrected chi connectivity index (χ0v) is 7.66. The first-order valence-electron chi connectivity index (χ1n) is 3.78. The van der Waals surface area contributed by atoms with Crippen molar-refractivity contribution in [3.63, 3.8) is 0 Å². The fourth-order valence-corrected chi connectivity index (χ4v) is 2.22. The second-order valence-corrected chi connectivity index (χ2v) is 4.16. The van der Waals surface area contributed by atoms with Crippen molar-refractivity contribution in [3.8, 4) is 0 Å². The summed E-state index contributed by atoms with van der Waals surface area (Å²) in [4.78, 5) is 0. The van der Waals surface area contributed by atoms with Gasteiger partial charge in [-0.15, -0.1) is 21.8 Å². The smallest absolute Gasteiger partial charge is 0.132 e. The quantitative estimate of drug-likeness (QED) is 0.667. The van der Waals surface area contributed by atoms with Crippen LogP contribution in [0.25, 0.3) is 0 Å². The Kier molecular flexibility index (Phi) is 2.09. The van der Waals surface area contributed by atoms with Gasteiger partial charge in [0.05, 0.1) is 5.88 Å². The summed E-state index contributed by atoms with van der Waals surface area (Å²) in [7, 11) is 0. The molecule has 2 rings (SSSR count). The Balaban J connectivity index is 2.11. The molecule has 1 aliphatic rings. The van der Waals surface area contributed by atoms with Crippen LogP contribution < -0.4 is 0 Å². The number of hydrogen-bond acceptors (Lipinski definition) is 3. The van der Waals surface area contributed by atoms with Gasteiger partial charge in [-0.1, -0.05) is 17.8 Å². The van der Waals surface area contributed by atoms with E-state index in [1.807, 2.05) is 0 Å². The standard InChI is InChI=1S/C7H9ClN2S/c8-4-6-9-10-7(11-6)5-2-1-3-5/h5H,1-4H2. The van der Waals surface area contributed by atoms with Gasteiger partial charge < -0.3 is 0 Å². The first kappa shape index (κ1) is 7.50. The van der Waals surface area contributed by atoms with E-state index in [0.29, 0.717) is 11.8 Å². The van der Waals surface area contributed by atoms with Gasteiger partial charge >= 0.3 is 0 Å². The third-order valence-corrected chi connectivity index (χ3v) is 3.55. The average Bonchev–Trinajstić information content (AvgIpc) is 2.32. The minimum atomic E-state index is 0.504. The molecule has 0 N–H and O–H groups in total. The summed E-state index contributed by atoms with van der Waals surface area (Å²) in [6.45, 7) is 0. The largest absolute Gasteiger partial charge is 0.143 e. The number of hydrogen-bond donors (Lipinski definition) is 0. The highest BCUT2D eigenvalue weighted by Gasteiger charge is 2.22. The first-order chi connectivity index (χ1) is 5.40. The third kappa shape index (κ3) is 1.40. The molecule has 0 aromatic carbocycles. The average molecular weight is 189 g/mol. The van der Waals surface area contributed by atoms with E-state index in [1.54, 1.807) is 11.3 Å². The molecule has 0 amide bonds. The van der Waals surface area contributed by atoms with Gasteiger partial charge in [0.2, 0.25) is 0 Å². The van der Waals surface area contributed by atoms with E-state index >= 15 is 0 Å². The fraction of sp³-hybridized carbons (Fsp3) is 0.714. The minimum absolute atomic E-state index is 0.504. The predicted octanol–water partition coefficient (Wildman–Crippen LogP) is 2.54. The SMILES string of the molecule is ClCc1nnc(C2CCC2)s1. The number of rotatable bonds is 2. The molecule has 0 radical (unpaired) electrons. The van der Waals surface area contributed by atoms with Crippen molar-refractivity contribution < 1.29 is 0 Å². The lowest BCUT2D eigenvalue weighted by molar-refractivity contribution is 0.416. The van der Waals surface area contributed by atoms with Crippen molar-refractivity contribution in [2.45, 2.75) is 31.1 Å². The molecule has 0 atom stereocenters. The van der Waals surface area contributed by atoms with Crippen LogP contribution in [0.2, 0.25) is 0 Å². The Morgan fingerprint density at radius 2 is 2.27 bits per heavy atom. The summed E-state index contributed by atoms with van der Waals surface area (Å²) in [5, 5.41) is 10.2. The van der Waals surface area contributed by atoms with E-state index in [2.05, 4.69) is 10.2 Å². The highest BCUT2D eigenvalue weighted by atomic mass is 35.5. The van der Waals surface area contributed by atoms with Gasteiger partial charge in [0.15, 0.2) is 0 Å².